The highest BCUT2D eigenvalue weighted by molar-refractivity contribution is 5.62. The zero-order valence-electron chi connectivity index (χ0n) is 15.4. The van der Waals surface area contributed by atoms with Crippen LogP contribution in [0.3, 0.4) is 0 Å². The summed E-state index contributed by atoms with van der Waals surface area (Å²) in [5, 5.41) is 0. The van der Waals surface area contributed by atoms with Gasteiger partial charge in [-0.15, -0.1) is 0 Å². The van der Waals surface area contributed by atoms with Gasteiger partial charge in [0.1, 0.15) is 5.82 Å². The molecule has 0 bridgehead atoms. The Hall–Kier alpha value is -2.74. The molecule has 28 heavy (non-hydrogen) atoms. The van der Waals surface area contributed by atoms with E-state index in [0.717, 1.165) is 28.3 Å². The molecule has 3 aromatic rings. The summed E-state index contributed by atoms with van der Waals surface area (Å²) >= 11 is 0. The van der Waals surface area contributed by atoms with Gasteiger partial charge < -0.3 is 4.98 Å². The van der Waals surface area contributed by atoms with Gasteiger partial charge in [0.15, 0.2) is 5.82 Å². The smallest absolute Gasteiger partial charge is 0.345 e. The van der Waals surface area contributed by atoms with Gasteiger partial charge in [0.05, 0.1) is 12.2 Å². The van der Waals surface area contributed by atoms with Crippen LogP contribution in [-0.2, 0) is 0 Å². The monoisotopic (exact) mass is 387 g/mol. The molecule has 2 aromatic heterocycles. The summed E-state index contributed by atoms with van der Waals surface area (Å²) in [7, 11) is 0. The van der Waals surface area contributed by atoms with Gasteiger partial charge in [0.25, 0.3) is 0 Å². The van der Waals surface area contributed by atoms with Gasteiger partial charge in [0.2, 0.25) is 0 Å². The van der Waals surface area contributed by atoms with Gasteiger partial charge in [-0.05, 0) is 19.9 Å². The molecule has 5 nitrogen and oxygen atoms in total. The van der Waals surface area contributed by atoms with Crippen LogP contribution in [0.4, 0.5) is 13.2 Å². The molecular weight excluding hydrogens is 367 g/mol. The Morgan fingerprint density at radius 2 is 1.82 bits per heavy atom. The minimum atomic E-state index is -4.17. The van der Waals surface area contributed by atoms with Crippen LogP contribution in [0.5, 0.6) is 0 Å². The number of aryl methyl sites for hydroxylation is 1. The van der Waals surface area contributed by atoms with Gasteiger partial charge >= 0.3 is 6.18 Å². The first-order valence-corrected chi connectivity index (χ1v) is 9.12. The molecule has 4 rings (SSSR count). The van der Waals surface area contributed by atoms with Crippen LogP contribution in [0, 0.1) is 6.92 Å². The minimum absolute atomic E-state index is 0.0284. The number of halogens is 3. The SMILES string of the molecule is Cc1[nH]c([C@H]2CCN(CC(F)(F)F)C2)nc1-c1cnc(-c2ccccc2)nc1. The summed E-state index contributed by atoms with van der Waals surface area (Å²) in [6.07, 6.45) is -0.0529. The Labute approximate surface area is 160 Å². The topological polar surface area (TPSA) is 57.7 Å². The van der Waals surface area contributed by atoms with Crippen molar-refractivity contribution in [2.75, 3.05) is 19.6 Å². The number of hydrogen-bond acceptors (Lipinski definition) is 4. The molecule has 1 aliphatic heterocycles. The number of rotatable bonds is 4. The fourth-order valence-corrected chi connectivity index (χ4v) is 3.60. The lowest BCUT2D eigenvalue weighted by Gasteiger charge is -2.17. The summed E-state index contributed by atoms with van der Waals surface area (Å²) in [4.78, 5) is 18.2. The fraction of sp³-hybridized carbons (Fsp3) is 0.350. The van der Waals surface area contributed by atoms with Gasteiger partial charge in [-0.3, -0.25) is 4.90 Å². The van der Waals surface area contributed by atoms with E-state index in [9.17, 15) is 13.2 Å². The number of aromatic amines is 1. The van der Waals surface area contributed by atoms with Crippen molar-refractivity contribution >= 4 is 0 Å². The number of hydrogen-bond donors (Lipinski definition) is 1. The molecule has 0 aliphatic carbocycles. The maximum Gasteiger partial charge on any atom is 0.401 e. The van der Waals surface area contributed by atoms with Crippen molar-refractivity contribution in [3.63, 3.8) is 0 Å². The predicted octanol–water partition coefficient (Wildman–Crippen LogP) is 4.19. The van der Waals surface area contributed by atoms with E-state index in [1.165, 1.54) is 4.90 Å². The van der Waals surface area contributed by atoms with Crippen LogP contribution in [-0.4, -0.2) is 50.6 Å². The molecule has 1 atom stereocenters. The predicted molar refractivity (Wildman–Crippen MR) is 99.6 cm³/mol. The van der Waals surface area contributed by atoms with E-state index in [2.05, 4.69) is 19.9 Å². The summed E-state index contributed by atoms with van der Waals surface area (Å²) in [6.45, 7) is 1.81. The molecule has 1 aromatic carbocycles. The van der Waals surface area contributed by atoms with Crippen molar-refractivity contribution in [1.29, 1.82) is 0 Å². The number of benzene rings is 1. The number of imidazole rings is 1. The molecule has 1 aliphatic rings. The zero-order chi connectivity index (χ0) is 19.7. The summed E-state index contributed by atoms with van der Waals surface area (Å²) in [6, 6.07) is 9.69. The average Bonchev–Trinajstić information content (AvgIpc) is 3.28. The van der Waals surface area contributed by atoms with E-state index < -0.39 is 12.7 Å². The quantitative estimate of drug-likeness (QED) is 0.729. The Kier molecular flexibility index (Phi) is 4.89. The van der Waals surface area contributed by atoms with Crippen LogP contribution in [0.25, 0.3) is 22.6 Å². The highest BCUT2D eigenvalue weighted by Crippen LogP contribution is 2.31. The summed E-state index contributed by atoms with van der Waals surface area (Å²) in [5.41, 5.74) is 3.32. The van der Waals surface area contributed by atoms with Crippen LogP contribution in [0.2, 0.25) is 0 Å². The average molecular weight is 387 g/mol. The van der Waals surface area contributed by atoms with Crippen molar-refractivity contribution in [1.82, 2.24) is 24.8 Å². The van der Waals surface area contributed by atoms with Gasteiger partial charge in [-0.1, -0.05) is 30.3 Å². The van der Waals surface area contributed by atoms with Crippen LogP contribution >= 0.6 is 0 Å². The third-order valence-electron chi connectivity index (χ3n) is 4.92. The molecule has 146 valence electrons. The normalized spacial score (nSPS) is 17.9. The highest BCUT2D eigenvalue weighted by atomic mass is 19.4. The van der Waals surface area contributed by atoms with Crippen molar-refractivity contribution in [2.24, 2.45) is 0 Å². The standard InChI is InChI=1S/C20H20F3N5/c1-13-17(16-9-24-18(25-10-16)14-5-3-2-4-6-14)27-19(26-13)15-7-8-28(11-15)12-20(21,22)23/h2-6,9-10,15H,7-8,11-12H2,1H3,(H,26,27)/t15-/m0/s1. The summed E-state index contributed by atoms with van der Waals surface area (Å²) in [5.74, 6) is 1.33. The minimum Gasteiger partial charge on any atom is -0.345 e. The second-order valence-corrected chi connectivity index (χ2v) is 7.09. The third-order valence-corrected chi connectivity index (χ3v) is 4.92. The zero-order valence-corrected chi connectivity index (χ0v) is 15.4. The number of alkyl halides is 3. The number of aromatic nitrogens is 4. The Bertz CT molecular complexity index is 935. The lowest BCUT2D eigenvalue weighted by Crippen LogP contribution is -2.32. The van der Waals surface area contributed by atoms with E-state index in [1.54, 1.807) is 12.4 Å². The number of nitrogens with zero attached hydrogens (tertiary/aromatic N) is 4. The first-order chi connectivity index (χ1) is 13.4. The third kappa shape index (κ3) is 4.06. The largest absolute Gasteiger partial charge is 0.401 e. The molecule has 0 unspecified atom stereocenters. The summed E-state index contributed by atoms with van der Waals surface area (Å²) < 4.78 is 37.8. The first-order valence-electron chi connectivity index (χ1n) is 9.12. The van der Waals surface area contributed by atoms with Crippen molar-refractivity contribution in [2.45, 2.75) is 25.4 Å². The second kappa shape index (κ2) is 7.35. The van der Waals surface area contributed by atoms with Gasteiger partial charge in [0, 0.05) is 41.7 Å². The van der Waals surface area contributed by atoms with E-state index in [1.807, 2.05) is 37.3 Å². The molecule has 3 heterocycles. The first kappa shape index (κ1) is 18.6. The maximum atomic E-state index is 12.6. The van der Waals surface area contributed by atoms with Crippen molar-refractivity contribution in [3.8, 4) is 22.6 Å². The van der Waals surface area contributed by atoms with Gasteiger partial charge in [-0.25, -0.2) is 15.0 Å². The van der Waals surface area contributed by atoms with Crippen LogP contribution in [0.1, 0.15) is 23.9 Å². The van der Waals surface area contributed by atoms with Crippen molar-refractivity contribution < 1.29 is 13.2 Å². The van der Waals surface area contributed by atoms with E-state index in [-0.39, 0.29) is 5.92 Å². The maximum absolute atomic E-state index is 12.6. The van der Waals surface area contributed by atoms with E-state index in [0.29, 0.717) is 25.3 Å². The molecule has 8 heteroatoms. The lowest BCUT2D eigenvalue weighted by molar-refractivity contribution is -0.143. The number of nitrogens with one attached hydrogen (secondary N) is 1. The molecular formula is C20H20F3N5. The van der Waals surface area contributed by atoms with E-state index in [4.69, 9.17) is 0 Å². The molecule has 1 saturated heterocycles. The Balaban J connectivity index is 1.51. The lowest BCUT2D eigenvalue weighted by atomic mass is 10.1. The molecule has 0 amide bonds. The molecule has 0 radical (unpaired) electrons. The Morgan fingerprint density at radius 3 is 2.50 bits per heavy atom. The Morgan fingerprint density at radius 1 is 1.11 bits per heavy atom. The molecule has 1 N–H and O–H groups in total. The molecule has 0 saturated carbocycles. The molecule has 1 fully saturated rings. The van der Waals surface area contributed by atoms with Crippen molar-refractivity contribution in [3.05, 3.63) is 54.2 Å². The number of H-pyrrole nitrogens is 1. The molecule has 0 spiro atoms. The second-order valence-electron chi connectivity index (χ2n) is 7.09. The highest BCUT2D eigenvalue weighted by Gasteiger charge is 2.35. The van der Waals surface area contributed by atoms with E-state index >= 15 is 0 Å². The van der Waals surface area contributed by atoms with Gasteiger partial charge in [-0.2, -0.15) is 13.2 Å². The number of likely N-dealkylation sites (tertiary alicyclic amines) is 1. The van der Waals surface area contributed by atoms with Crippen LogP contribution < -0.4 is 0 Å². The fourth-order valence-electron chi connectivity index (χ4n) is 3.60. The van der Waals surface area contributed by atoms with Crippen LogP contribution in [0.15, 0.2) is 42.7 Å².